The summed E-state index contributed by atoms with van der Waals surface area (Å²) in [6, 6.07) is 7.63. The molecule has 2 rings (SSSR count). The molecule has 0 radical (unpaired) electrons. The number of carbonyl (C=O) groups is 1. The Hall–Kier alpha value is -1.55. The van der Waals surface area contributed by atoms with Crippen LogP contribution < -0.4 is 5.32 Å². The standard InChI is InChI=1S/C13H14N2OS/c1-3-17-13-11-5-4-10(12(16)14-2)8-9(11)6-7-15-13/h4-8H,3H2,1-2H3,(H,14,16). The SMILES string of the molecule is CCSc1nccc2cc(C(=O)NC)ccc12. The highest BCUT2D eigenvalue weighted by Crippen LogP contribution is 2.26. The Balaban J connectivity index is 2.52. The average Bonchev–Trinajstić information content (AvgIpc) is 2.38. The fraction of sp³-hybridized carbons (Fsp3) is 0.231. The monoisotopic (exact) mass is 246 g/mol. The second kappa shape index (κ2) is 5.19. The van der Waals surface area contributed by atoms with Gasteiger partial charge in [0.2, 0.25) is 0 Å². The summed E-state index contributed by atoms with van der Waals surface area (Å²) in [7, 11) is 1.64. The van der Waals surface area contributed by atoms with Crippen molar-refractivity contribution < 1.29 is 4.79 Å². The maximum atomic E-state index is 11.5. The van der Waals surface area contributed by atoms with E-state index in [0.717, 1.165) is 21.6 Å². The Morgan fingerprint density at radius 1 is 1.41 bits per heavy atom. The quantitative estimate of drug-likeness (QED) is 0.847. The van der Waals surface area contributed by atoms with Crippen LogP contribution in [0, 0.1) is 0 Å². The van der Waals surface area contributed by atoms with Gasteiger partial charge in [0.25, 0.3) is 5.91 Å². The minimum Gasteiger partial charge on any atom is -0.355 e. The van der Waals surface area contributed by atoms with Gasteiger partial charge in [0.15, 0.2) is 0 Å². The Kier molecular flexibility index (Phi) is 3.64. The van der Waals surface area contributed by atoms with Crippen LogP contribution in [0.15, 0.2) is 35.5 Å². The molecule has 17 heavy (non-hydrogen) atoms. The van der Waals surface area contributed by atoms with Crippen LogP contribution in [-0.2, 0) is 0 Å². The first-order chi connectivity index (χ1) is 8.26. The summed E-state index contributed by atoms with van der Waals surface area (Å²) in [5, 5.41) is 5.80. The molecule has 2 aromatic rings. The molecule has 0 fully saturated rings. The molecule has 0 saturated carbocycles. The Bertz CT molecular complexity index is 554. The van der Waals surface area contributed by atoms with E-state index in [-0.39, 0.29) is 5.91 Å². The molecule has 0 bridgehead atoms. The van der Waals surface area contributed by atoms with Gasteiger partial charge in [-0.15, -0.1) is 11.8 Å². The number of benzene rings is 1. The van der Waals surface area contributed by atoms with E-state index in [4.69, 9.17) is 0 Å². The highest BCUT2D eigenvalue weighted by molar-refractivity contribution is 7.99. The van der Waals surface area contributed by atoms with Crippen molar-refractivity contribution in [2.45, 2.75) is 11.9 Å². The fourth-order valence-electron chi connectivity index (χ4n) is 1.69. The van der Waals surface area contributed by atoms with Crippen LogP contribution in [0.3, 0.4) is 0 Å². The number of pyridine rings is 1. The molecular formula is C13H14N2OS. The Morgan fingerprint density at radius 2 is 2.24 bits per heavy atom. The molecule has 0 atom stereocenters. The molecule has 1 aromatic carbocycles. The molecule has 0 aliphatic carbocycles. The molecule has 0 aliphatic heterocycles. The van der Waals surface area contributed by atoms with Crippen molar-refractivity contribution in [2.24, 2.45) is 0 Å². The summed E-state index contributed by atoms with van der Waals surface area (Å²) in [5.41, 5.74) is 0.679. The molecule has 1 amide bonds. The largest absolute Gasteiger partial charge is 0.355 e. The number of rotatable bonds is 3. The zero-order valence-corrected chi connectivity index (χ0v) is 10.7. The van der Waals surface area contributed by atoms with E-state index < -0.39 is 0 Å². The molecule has 1 N–H and O–H groups in total. The van der Waals surface area contributed by atoms with Gasteiger partial charge < -0.3 is 5.32 Å². The number of thioether (sulfide) groups is 1. The number of carbonyl (C=O) groups excluding carboxylic acids is 1. The van der Waals surface area contributed by atoms with E-state index in [1.165, 1.54) is 0 Å². The summed E-state index contributed by atoms with van der Waals surface area (Å²) in [4.78, 5) is 15.9. The van der Waals surface area contributed by atoms with Crippen LogP contribution in [0.5, 0.6) is 0 Å². The van der Waals surface area contributed by atoms with Crippen molar-refractivity contribution in [2.75, 3.05) is 12.8 Å². The topological polar surface area (TPSA) is 42.0 Å². The lowest BCUT2D eigenvalue weighted by molar-refractivity contribution is 0.0963. The molecule has 4 heteroatoms. The van der Waals surface area contributed by atoms with Gasteiger partial charge in [-0.3, -0.25) is 4.79 Å². The molecule has 88 valence electrons. The zero-order valence-electron chi connectivity index (χ0n) is 9.86. The number of hydrogen-bond acceptors (Lipinski definition) is 3. The zero-order chi connectivity index (χ0) is 12.3. The van der Waals surface area contributed by atoms with Gasteiger partial charge in [-0.2, -0.15) is 0 Å². The van der Waals surface area contributed by atoms with E-state index in [2.05, 4.69) is 17.2 Å². The lowest BCUT2D eigenvalue weighted by atomic mass is 10.1. The van der Waals surface area contributed by atoms with Crippen molar-refractivity contribution in [1.82, 2.24) is 10.3 Å². The highest BCUT2D eigenvalue weighted by atomic mass is 32.2. The molecule has 0 unspecified atom stereocenters. The van der Waals surface area contributed by atoms with Crippen LogP contribution in [0.1, 0.15) is 17.3 Å². The summed E-state index contributed by atoms with van der Waals surface area (Å²) in [6.07, 6.45) is 1.79. The molecule has 0 saturated heterocycles. The third-order valence-electron chi connectivity index (χ3n) is 2.50. The molecule has 3 nitrogen and oxygen atoms in total. The van der Waals surface area contributed by atoms with Gasteiger partial charge in [0, 0.05) is 24.2 Å². The van der Waals surface area contributed by atoms with E-state index in [9.17, 15) is 4.79 Å². The van der Waals surface area contributed by atoms with Gasteiger partial charge in [0.1, 0.15) is 5.03 Å². The van der Waals surface area contributed by atoms with Gasteiger partial charge in [-0.25, -0.2) is 4.98 Å². The van der Waals surface area contributed by atoms with E-state index in [1.807, 2.05) is 24.3 Å². The second-order valence-corrected chi connectivity index (χ2v) is 4.82. The van der Waals surface area contributed by atoms with Crippen molar-refractivity contribution in [3.05, 3.63) is 36.0 Å². The first kappa shape index (κ1) is 11.9. The number of nitrogens with zero attached hydrogens (tertiary/aromatic N) is 1. The van der Waals surface area contributed by atoms with Crippen LogP contribution in [0.2, 0.25) is 0 Å². The van der Waals surface area contributed by atoms with E-state index >= 15 is 0 Å². The van der Waals surface area contributed by atoms with Gasteiger partial charge in [-0.1, -0.05) is 13.0 Å². The Morgan fingerprint density at radius 3 is 2.94 bits per heavy atom. The minimum absolute atomic E-state index is 0.0617. The smallest absolute Gasteiger partial charge is 0.251 e. The van der Waals surface area contributed by atoms with Crippen molar-refractivity contribution in [1.29, 1.82) is 0 Å². The van der Waals surface area contributed by atoms with Gasteiger partial charge in [-0.05, 0) is 29.3 Å². The van der Waals surface area contributed by atoms with Crippen molar-refractivity contribution in [3.8, 4) is 0 Å². The third kappa shape index (κ3) is 2.42. The molecule has 1 heterocycles. The average molecular weight is 246 g/mol. The van der Waals surface area contributed by atoms with Gasteiger partial charge in [0.05, 0.1) is 0 Å². The fourth-order valence-corrected chi connectivity index (χ4v) is 2.44. The maximum absolute atomic E-state index is 11.5. The van der Waals surface area contributed by atoms with Gasteiger partial charge >= 0.3 is 0 Å². The molecule has 0 spiro atoms. The number of nitrogens with one attached hydrogen (secondary N) is 1. The predicted molar refractivity (Wildman–Crippen MR) is 71.5 cm³/mol. The molecule has 0 aliphatic rings. The number of fused-ring (bicyclic) bond motifs is 1. The Labute approximate surface area is 105 Å². The first-order valence-corrected chi connectivity index (χ1v) is 6.48. The molecular weight excluding hydrogens is 232 g/mol. The predicted octanol–water partition coefficient (Wildman–Crippen LogP) is 2.71. The summed E-state index contributed by atoms with van der Waals surface area (Å²) < 4.78 is 0. The molecule has 1 aromatic heterocycles. The maximum Gasteiger partial charge on any atom is 0.251 e. The van der Waals surface area contributed by atoms with E-state index in [0.29, 0.717) is 5.56 Å². The lowest BCUT2D eigenvalue weighted by Gasteiger charge is -2.05. The lowest BCUT2D eigenvalue weighted by Crippen LogP contribution is -2.17. The first-order valence-electron chi connectivity index (χ1n) is 5.50. The van der Waals surface area contributed by atoms with Crippen LogP contribution in [0.25, 0.3) is 10.8 Å². The van der Waals surface area contributed by atoms with Crippen molar-refractivity contribution in [3.63, 3.8) is 0 Å². The number of aromatic nitrogens is 1. The number of hydrogen-bond donors (Lipinski definition) is 1. The third-order valence-corrected chi connectivity index (χ3v) is 3.39. The summed E-state index contributed by atoms with van der Waals surface area (Å²) in [5.74, 6) is 0.928. The van der Waals surface area contributed by atoms with Crippen LogP contribution >= 0.6 is 11.8 Å². The van der Waals surface area contributed by atoms with Crippen molar-refractivity contribution >= 4 is 28.4 Å². The van der Waals surface area contributed by atoms with Crippen LogP contribution in [0.4, 0.5) is 0 Å². The summed E-state index contributed by atoms with van der Waals surface area (Å²) in [6.45, 7) is 2.10. The van der Waals surface area contributed by atoms with E-state index in [1.54, 1.807) is 25.0 Å². The van der Waals surface area contributed by atoms with Crippen LogP contribution in [-0.4, -0.2) is 23.7 Å². The number of amides is 1. The summed E-state index contributed by atoms with van der Waals surface area (Å²) >= 11 is 1.71. The normalized spacial score (nSPS) is 10.5. The second-order valence-electron chi connectivity index (χ2n) is 3.56. The highest BCUT2D eigenvalue weighted by Gasteiger charge is 2.06. The minimum atomic E-state index is -0.0617.